The van der Waals surface area contributed by atoms with Crippen molar-refractivity contribution in [2.75, 3.05) is 27.3 Å². The summed E-state index contributed by atoms with van der Waals surface area (Å²) in [6.45, 7) is 3.33. The second kappa shape index (κ2) is 6.32. The molecule has 1 heterocycles. The third kappa shape index (κ3) is 2.87. The predicted molar refractivity (Wildman–Crippen MR) is 77.9 cm³/mol. The number of hydrogen-bond acceptors (Lipinski definition) is 4. The van der Waals surface area contributed by atoms with Crippen LogP contribution in [0.3, 0.4) is 0 Å². The van der Waals surface area contributed by atoms with Crippen LogP contribution in [0.15, 0.2) is 18.2 Å². The predicted octanol–water partition coefficient (Wildman–Crippen LogP) is 1.33. The molecule has 108 valence electrons. The van der Waals surface area contributed by atoms with Crippen molar-refractivity contribution in [1.29, 1.82) is 0 Å². The van der Waals surface area contributed by atoms with Crippen molar-refractivity contribution in [1.82, 2.24) is 10.6 Å². The highest BCUT2D eigenvalue weighted by molar-refractivity contribution is 5.95. The quantitative estimate of drug-likeness (QED) is 0.815. The Bertz CT molecular complexity index is 538. The third-order valence-corrected chi connectivity index (χ3v) is 3.21. The Morgan fingerprint density at radius 1 is 1.45 bits per heavy atom. The van der Waals surface area contributed by atoms with Crippen LogP contribution >= 0.6 is 0 Å². The monoisotopic (exact) mass is 276 g/mol. The van der Waals surface area contributed by atoms with Crippen molar-refractivity contribution in [2.45, 2.75) is 13.3 Å². The smallest absolute Gasteiger partial charge is 0.245 e. The van der Waals surface area contributed by atoms with Gasteiger partial charge in [-0.15, -0.1) is 0 Å². The van der Waals surface area contributed by atoms with Gasteiger partial charge >= 0.3 is 0 Å². The van der Waals surface area contributed by atoms with Gasteiger partial charge in [-0.25, -0.2) is 0 Å². The SMILES string of the molecule is CCOc1cc2c(cc1OC)/C(=C/C(=O)NC)NCC2. The standard InChI is InChI=1S/C15H20N2O3/c1-4-20-14-7-10-5-6-17-12(9-15(18)16-2)11(10)8-13(14)19-3/h7-9,17H,4-6H2,1-3H3,(H,16,18)/b12-9-. The molecule has 1 aromatic carbocycles. The van der Waals surface area contributed by atoms with Gasteiger partial charge in [0.25, 0.3) is 0 Å². The first-order chi connectivity index (χ1) is 9.69. The van der Waals surface area contributed by atoms with Gasteiger partial charge in [0.2, 0.25) is 5.91 Å². The summed E-state index contributed by atoms with van der Waals surface area (Å²) in [6, 6.07) is 3.91. The molecule has 0 radical (unpaired) electrons. The molecule has 1 aliphatic heterocycles. The summed E-state index contributed by atoms with van der Waals surface area (Å²) < 4.78 is 11.0. The van der Waals surface area contributed by atoms with Crippen LogP contribution in [0.1, 0.15) is 18.1 Å². The van der Waals surface area contributed by atoms with E-state index >= 15 is 0 Å². The van der Waals surface area contributed by atoms with Crippen molar-refractivity contribution in [3.8, 4) is 11.5 Å². The number of hydrogen-bond donors (Lipinski definition) is 2. The van der Waals surface area contributed by atoms with Gasteiger partial charge in [0.15, 0.2) is 11.5 Å². The highest BCUT2D eigenvalue weighted by Crippen LogP contribution is 2.34. The van der Waals surface area contributed by atoms with E-state index in [9.17, 15) is 4.79 Å². The first kappa shape index (κ1) is 14.2. The summed E-state index contributed by atoms with van der Waals surface area (Å²) in [4.78, 5) is 11.5. The molecule has 1 aromatic rings. The lowest BCUT2D eigenvalue weighted by atomic mass is 9.97. The third-order valence-electron chi connectivity index (χ3n) is 3.21. The largest absolute Gasteiger partial charge is 0.493 e. The van der Waals surface area contributed by atoms with Crippen LogP contribution in [0.4, 0.5) is 0 Å². The Labute approximate surface area is 119 Å². The van der Waals surface area contributed by atoms with Crippen LogP contribution in [0.5, 0.6) is 11.5 Å². The lowest BCUT2D eigenvalue weighted by Crippen LogP contribution is -2.25. The van der Waals surface area contributed by atoms with Crippen molar-refractivity contribution >= 4 is 11.6 Å². The fourth-order valence-electron chi connectivity index (χ4n) is 2.25. The second-order valence-corrected chi connectivity index (χ2v) is 4.44. The molecular formula is C15H20N2O3. The zero-order valence-corrected chi connectivity index (χ0v) is 12.1. The molecule has 0 bridgehead atoms. The van der Waals surface area contributed by atoms with Crippen LogP contribution in [-0.4, -0.2) is 33.2 Å². The van der Waals surface area contributed by atoms with E-state index in [1.54, 1.807) is 20.2 Å². The molecule has 20 heavy (non-hydrogen) atoms. The highest BCUT2D eigenvalue weighted by atomic mass is 16.5. The van der Waals surface area contributed by atoms with E-state index in [0.717, 1.165) is 35.5 Å². The van der Waals surface area contributed by atoms with Crippen molar-refractivity contribution in [3.05, 3.63) is 29.3 Å². The molecule has 2 N–H and O–H groups in total. The first-order valence-corrected chi connectivity index (χ1v) is 6.71. The van der Waals surface area contributed by atoms with Gasteiger partial charge < -0.3 is 20.1 Å². The Kier molecular flexibility index (Phi) is 4.50. The average molecular weight is 276 g/mol. The summed E-state index contributed by atoms with van der Waals surface area (Å²) in [5, 5.41) is 5.84. The minimum Gasteiger partial charge on any atom is -0.493 e. The van der Waals surface area contributed by atoms with Crippen LogP contribution in [0.2, 0.25) is 0 Å². The summed E-state index contributed by atoms with van der Waals surface area (Å²) in [5.41, 5.74) is 2.95. The van der Waals surface area contributed by atoms with Crippen molar-refractivity contribution in [3.63, 3.8) is 0 Å². The number of likely N-dealkylation sites (N-methyl/N-ethyl adjacent to an activating group) is 1. The van der Waals surface area contributed by atoms with E-state index in [2.05, 4.69) is 10.6 Å². The number of carbonyl (C=O) groups excluding carboxylic acids is 1. The number of fused-ring (bicyclic) bond motifs is 1. The molecule has 1 amide bonds. The van der Waals surface area contributed by atoms with E-state index in [4.69, 9.17) is 9.47 Å². The minimum absolute atomic E-state index is 0.131. The van der Waals surface area contributed by atoms with E-state index in [1.165, 1.54) is 0 Å². The summed E-state index contributed by atoms with van der Waals surface area (Å²) >= 11 is 0. The molecule has 0 aliphatic carbocycles. The molecule has 1 aliphatic rings. The Morgan fingerprint density at radius 3 is 2.90 bits per heavy atom. The fraction of sp³-hybridized carbons (Fsp3) is 0.400. The number of carbonyl (C=O) groups is 1. The normalized spacial score (nSPS) is 15.2. The zero-order chi connectivity index (χ0) is 14.5. The number of amides is 1. The van der Waals surface area contributed by atoms with Crippen LogP contribution in [0.25, 0.3) is 5.70 Å². The molecule has 0 spiro atoms. The van der Waals surface area contributed by atoms with Gasteiger partial charge in [0.05, 0.1) is 13.7 Å². The number of benzene rings is 1. The molecule has 0 aromatic heterocycles. The Morgan fingerprint density at radius 2 is 2.25 bits per heavy atom. The lowest BCUT2D eigenvalue weighted by Gasteiger charge is -2.23. The first-order valence-electron chi connectivity index (χ1n) is 6.71. The van der Waals surface area contributed by atoms with Gasteiger partial charge in [-0.3, -0.25) is 4.79 Å². The van der Waals surface area contributed by atoms with Crippen LogP contribution in [0, 0.1) is 0 Å². The molecule has 0 saturated carbocycles. The fourth-order valence-corrected chi connectivity index (χ4v) is 2.25. The zero-order valence-electron chi connectivity index (χ0n) is 12.1. The molecule has 0 saturated heterocycles. The highest BCUT2D eigenvalue weighted by Gasteiger charge is 2.18. The number of methoxy groups -OCH3 is 1. The summed E-state index contributed by atoms with van der Waals surface area (Å²) in [5.74, 6) is 1.29. The Balaban J connectivity index is 2.46. The topological polar surface area (TPSA) is 59.6 Å². The molecule has 0 unspecified atom stereocenters. The number of nitrogens with one attached hydrogen (secondary N) is 2. The van der Waals surface area contributed by atoms with Crippen LogP contribution in [-0.2, 0) is 11.2 Å². The van der Waals surface area contributed by atoms with Gasteiger partial charge in [0.1, 0.15) is 0 Å². The summed E-state index contributed by atoms with van der Waals surface area (Å²) in [7, 11) is 3.23. The molecule has 5 nitrogen and oxygen atoms in total. The van der Waals surface area contributed by atoms with Gasteiger partial charge in [-0.05, 0) is 31.0 Å². The van der Waals surface area contributed by atoms with E-state index in [0.29, 0.717) is 12.4 Å². The van der Waals surface area contributed by atoms with E-state index in [-0.39, 0.29) is 5.91 Å². The van der Waals surface area contributed by atoms with Gasteiger partial charge in [0, 0.05) is 30.9 Å². The second-order valence-electron chi connectivity index (χ2n) is 4.44. The van der Waals surface area contributed by atoms with Gasteiger partial charge in [-0.1, -0.05) is 0 Å². The van der Waals surface area contributed by atoms with Crippen molar-refractivity contribution < 1.29 is 14.3 Å². The molecule has 0 fully saturated rings. The minimum atomic E-state index is -0.131. The summed E-state index contributed by atoms with van der Waals surface area (Å²) in [6.07, 6.45) is 2.46. The molecular weight excluding hydrogens is 256 g/mol. The Hall–Kier alpha value is -2.17. The molecule has 5 heteroatoms. The molecule has 0 atom stereocenters. The number of ether oxygens (including phenoxy) is 2. The van der Waals surface area contributed by atoms with E-state index < -0.39 is 0 Å². The maximum absolute atomic E-state index is 11.5. The lowest BCUT2D eigenvalue weighted by molar-refractivity contribution is -0.116. The maximum atomic E-state index is 11.5. The van der Waals surface area contributed by atoms with Crippen molar-refractivity contribution in [2.24, 2.45) is 0 Å². The number of rotatable bonds is 4. The van der Waals surface area contributed by atoms with E-state index in [1.807, 2.05) is 19.1 Å². The average Bonchev–Trinajstić information content (AvgIpc) is 2.47. The van der Waals surface area contributed by atoms with Gasteiger partial charge in [-0.2, -0.15) is 0 Å². The molecule has 2 rings (SSSR count). The van der Waals surface area contributed by atoms with Crippen LogP contribution < -0.4 is 20.1 Å². The maximum Gasteiger partial charge on any atom is 0.245 e.